The maximum atomic E-state index is 5.72. The van der Waals surface area contributed by atoms with Crippen molar-refractivity contribution in [3.05, 3.63) is 30.6 Å². The lowest BCUT2D eigenvalue weighted by Gasteiger charge is -2.03. The van der Waals surface area contributed by atoms with Crippen molar-refractivity contribution < 1.29 is 0 Å². The first kappa shape index (κ1) is 8.55. The van der Waals surface area contributed by atoms with Gasteiger partial charge in [-0.1, -0.05) is 0 Å². The summed E-state index contributed by atoms with van der Waals surface area (Å²) >= 11 is 0. The average Bonchev–Trinajstić information content (AvgIpc) is 2.56. The maximum Gasteiger partial charge on any atom is 0.154 e. The highest BCUT2D eigenvalue weighted by molar-refractivity contribution is 5.66. The molecule has 0 aliphatic heterocycles. The number of nitrogens with one attached hydrogen (secondary N) is 1. The van der Waals surface area contributed by atoms with E-state index in [0.717, 1.165) is 5.82 Å². The van der Waals surface area contributed by atoms with Crippen LogP contribution in [0.25, 0.3) is 0 Å². The van der Waals surface area contributed by atoms with Gasteiger partial charge in [0.05, 0.1) is 5.69 Å². The Balaban J connectivity index is 2.23. The summed E-state index contributed by atoms with van der Waals surface area (Å²) < 4.78 is 1.71. The predicted molar refractivity (Wildman–Crippen MR) is 55.1 cm³/mol. The van der Waals surface area contributed by atoms with Crippen LogP contribution in [-0.2, 0) is 7.05 Å². The number of aromatic nitrogens is 3. The molecule has 2 heterocycles. The molecule has 2 aromatic rings. The summed E-state index contributed by atoms with van der Waals surface area (Å²) in [7, 11) is 1.85. The van der Waals surface area contributed by atoms with Crippen molar-refractivity contribution >= 4 is 17.3 Å². The minimum Gasteiger partial charge on any atom is -0.396 e. The maximum absolute atomic E-state index is 5.72. The summed E-state index contributed by atoms with van der Waals surface area (Å²) in [6, 6.07) is 5.44. The van der Waals surface area contributed by atoms with Crippen LogP contribution in [0.4, 0.5) is 17.3 Å². The second-order valence-electron chi connectivity index (χ2n) is 2.94. The van der Waals surface area contributed by atoms with Gasteiger partial charge in [-0.3, -0.25) is 4.68 Å². The fourth-order valence-electron chi connectivity index (χ4n) is 1.13. The fourth-order valence-corrected chi connectivity index (χ4v) is 1.13. The van der Waals surface area contributed by atoms with Gasteiger partial charge in [-0.2, -0.15) is 5.10 Å². The molecular weight excluding hydrogens is 178 g/mol. The SMILES string of the molecule is Cn1ccc(Nc2ncccc2N)n1. The molecular formula is C9H11N5. The number of hydrogen-bond donors (Lipinski definition) is 2. The number of nitrogen functional groups attached to an aromatic ring is 1. The summed E-state index contributed by atoms with van der Waals surface area (Å²) in [5.41, 5.74) is 6.33. The van der Waals surface area contributed by atoms with Gasteiger partial charge in [-0.05, 0) is 12.1 Å². The third-order valence-electron chi connectivity index (χ3n) is 1.80. The molecule has 0 spiro atoms. The minimum atomic E-state index is 0.609. The Bertz CT molecular complexity index is 434. The van der Waals surface area contributed by atoms with Crippen molar-refractivity contribution in [2.75, 3.05) is 11.1 Å². The largest absolute Gasteiger partial charge is 0.396 e. The third kappa shape index (κ3) is 1.66. The second-order valence-corrected chi connectivity index (χ2v) is 2.94. The van der Waals surface area contributed by atoms with Gasteiger partial charge in [-0.15, -0.1) is 0 Å². The molecule has 0 radical (unpaired) electrons. The van der Waals surface area contributed by atoms with Crippen LogP contribution in [0.3, 0.4) is 0 Å². The molecule has 72 valence electrons. The molecule has 0 saturated carbocycles. The van der Waals surface area contributed by atoms with Gasteiger partial charge in [0, 0.05) is 25.5 Å². The highest BCUT2D eigenvalue weighted by Crippen LogP contribution is 2.17. The van der Waals surface area contributed by atoms with E-state index in [2.05, 4.69) is 15.4 Å². The van der Waals surface area contributed by atoms with Gasteiger partial charge in [-0.25, -0.2) is 4.98 Å². The Labute approximate surface area is 81.6 Å². The molecule has 0 aromatic carbocycles. The Kier molecular flexibility index (Phi) is 2.06. The Morgan fingerprint density at radius 2 is 2.29 bits per heavy atom. The lowest BCUT2D eigenvalue weighted by Crippen LogP contribution is -1.99. The molecule has 0 saturated heterocycles. The molecule has 2 aromatic heterocycles. The Morgan fingerprint density at radius 3 is 2.93 bits per heavy atom. The Morgan fingerprint density at radius 1 is 1.43 bits per heavy atom. The normalized spacial score (nSPS) is 10.1. The van der Waals surface area contributed by atoms with E-state index in [1.165, 1.54) is 0 Å². The summed E-state index contributed by atoms with van der Waals surface area (Å²) in [6.07, 6.45) is 3.53. The van der Waals surface area contributed by atoms with Crippen LogP contribution >= 0.6 is 0 Å². The smallest absolute Gasteiger partial charge is 0.154 e. The molecule has 0 bridgehead atoms. The summed E-state index contributed by atoms with van der Waals surface area (Å²) in [5, 5.41) is 7.18. The monoisotopic (exact) mass is 189 g/mol. The first-order chi connectivity index (χ1) is 6.75. The number of anilines is 3. The predicted octanol–water partition coefficient (Wildman–Crippen LogP) is 1.14. The van der Waals surface area contributed by atoms with E-state index >= 15 is 0 Å². The number of rotatable bonds is 2. The van der Waals surface area contributed by atoms with Crippen molar-refractivity contribution in [2.24, 2.45) is 7.05 Å². The second kappa shape index (κ2) is 3.37. The van der Waals surface area contributed by atoms with Crippen LogP contribution in [0.5, 0.6) is 0 Å². The van der Waals surface area contributed by atoms with Crippen LogP contribution in [-0.4, -0.2) is 14.8 Å². The van der Waals surface area contributed by atoms with Crippen molar-refractivity contribution in [1.82, 2.24) is 14.8 Å². The van der Waals surface area contributed by atoms with Gasteiger partial charge in [0.1, 0.15) is 0 Å². The topological polar surface area (TPSA) is 68.8 Å². The standard InChI is InChI=1S/C9H11N5/c1-14-6-4-8(13-14)12-9-7(10)3-2-5-11-9/h2-6H,10H2,1H3,(H,11,12,13). The fraction of sp³-hybridized carbons (Fsp3) is 0.111. The van der Waals surface area contributed by atoms with E-state index in [9.17, 15) is 0 Å². The lowest BCUT2D eigenvalue weighted by atomic mass is 10.4. The first-order valence-electron chi connectivity index (χ1n) is 4.23. The summed E-state index contributed by atoms with van der Waals surface area (Å²) in [6.45, 7) is 0. The molecule has 14 heavy (non-hydrogen) atoms. The van der Waals surface area contributed by atoms with Crippen molar-refractivity contribution in [2.45, 2.75) is 0 Å². The van der Waals surface area contributed by atoms with Crippen LogP contribution < -0.4 is 11.1 Å². The van der Waals surface area contributed by atoms with Gasteiger partial charge >= 0.3 is 0 Å². The van der Waals surface area contributed by atoms with E-state index in [1.54, 1.807) is 23.0 Å². The molecule has 5 nitrogen and oxygen atoms in total. The number of aryl methyl sites for hydroxylation is 1. The Hall–Kier alpha value is -2.04. The first-order valence-corrected chi connectivity index (χ1v) is 4.23. The van der Waals surface area contributed by atoms with Gasteiger partial charge in [0.25, 0.3) is 0 Å². The van der Waals surface area contributed by atoms with E-state index < -0.39 is 0 Å². The minimum absolute atomic E-state index is 0.609. The van der Waals surface area contributed by atoms with E-state index in [1.807, 2.05) is 19.3 Å². The highest BCUT2D eigenvalue weighted by atomic mass is 15.3. The van der Waals surface area contributed by atoms with E-state index in [4.69, 9.17) is 5.73 Å². The number of hydrogen-bond acceptors (Lipinski definition) is 4. The molecule has 0 unspecified atom stereocenters. The summed E-state index contributed by atoms with van der Waals surface area (Å²) in [4.78, 5) is 4.10. The van der Waals surface area contributed by atoms with Gasteiger partial charge < -0.3 is 11.1 Å². The van der Waals surface area contributed by atoms with E-state index in [0.29, 0.717) is 11.5 Å². The lowest BCUT2D eigenvalue weighted by molar-refractivity contribution is 0.771. The number of pyridine rings is 1. The molecule has 0 atom stereocenters. The number of nitrogens with zero attached hydrogens (tertiary/aromatic N) is 3. The zero-order valence-electron chi connectivity index (χ0n) is 7.81. The molecule has 0 aliphatic rings. The van der Waals surface area contributed by atoms with Crippen molar-refractivity contribution in [3.63, 3.8) is 0 Å². The number of nitrogens with two attached hydrogens (primary N) is 1. The van der Waals surface area contributed by atoms with Crippen LogP contribution in [0.1, 0.15) is 0 Å². The van der Waals surface area contributed by atoms with Crippen LogP contribution in [0.2, 0.25) is 0 Å². The summed E-state index contributed by atoms with van der Waals surface area (Å²) in [5.74, 6) is 1.36. The zero-order valence-corrected chi connectivity index (χ0v) is 7.81. The molecule has 2 rings (SSSR count). The van der Waals surface area contributed by atoms with Gasteiger partial charge in [0.2, 0.25) is 0 Å². The molecule has 0 fully saturated rings. The van der Waals surface area contributed by atoms with Crippen molar-refractivity contribution in [1.29, 1.82) is 0 Å². The van der Waals surface area contributed by atoms with Crippen LogP contribution in [0.15, 0.2) is 30.6 Å². The zero-order chi connectivity index (χ0) is 9.97. The third-order valence-corrected chi connectivity index (χ3v) is 1.80. The molecule has 0 aliphatic carbocycles. The van der Waals surface area contributed by atoms with Crippen molar-refractivity contribution in [3.8, 4) is 0 Å². The highest BCUT2D eigenvalue weighted by Gasteiger charge is 2.01. The van der Waals surface area contributed by atoms with Crippen LogP contribution in [0, 0.1) is 0 Å². The van der Waals surface area contributed by atoms with E-state index in [-0.39, 0.29) is 0 Å². The average molecular weight is 189 g/mol. The van der Waals surface area contributed by atoms with Gasteiger partial charge in [0.15, 0.2) is 11.6 Å². The quantitative estimate of drug-likeness (QED) is 0.743. The molecule has 0 amide bonds. The molecule has 3 N–H and O–H groups in total. The molecule has 5 heteroatoms.